The minimum Gasteiger partial charge on any atom is -0.355 e. The van der Waals surface area contributed by atoms with E-state index in [1.165, 1.54) is 11.8 Å². The Kier molecular flexibility index (Phi) is 7.07. The van der Waals surface area contributed by atoms with Crippen LogP contribution in [0.5, 0.6) is 0 Å². The van der Waals surface area contributed by atoms with Crippen LogP contribution in [0.4, 0.5) is 0 Å². The first-order valence-electron chi connectivity index (χ1n) is 8.73. The van der Waals surface area contributed by atoms with Gasteiger partial charge in [0, 0.05) is 11.4 Å². The van der Waals surface area contributed by atoms with Crippen LogP contribution in [0.15, 0.2) is 9.95 Å². The van der Waals surface area contributed by atoms with Crippen LogP contribution in [0, 0.1) is 18.8 Å². The number of carbonyl (C=O) groups excluding carboxylic acids is 1. The van der Waals surface area contributed by atoms with Gasteiger partial charge < -0.3 is 10.3 Å². The van der Waals surface area contributed by atoms with Gasteiger partial charge in [-0.2, -0.15) is 0 Å². The third-order valence-electron chi connectivity index (χ3n) is 4.14. The van der Waals surface area contributed by atoms with Crippen LogP contribution in [0.1, 0.15) is 44.6 Å². The van der Waals surface area contributed by atoms with Gasteiger partial charge in [0.15, 0.2) is 5.16 Å². The van der Waals surface area contributed by atoms with Crippen molar-refractivity contribution in [3.63, 3.8) is 0 Å². The molecule has 0 saturated heterocycles. The smallest absolute Gasteiger partial charge is 0.260 e. The fraction of sp³-hybridized carbons (Fsp3) is 0.611. The summed E-state index contributed by atoms with van der Waals surface area (Å²) in [5.74, 6) is 1.17. The van der Waals surface area contributed by atoms with Crippen molar-refractivity contribution in [2.24, 2.45) is 11.8 Å². The van der Waals surface area contributed by atoms with Crippen LogP contribution in [-0.4, -0.2) is 28.2 Å². The van der Waals surface area contributed by atoms with E-state index in [1.54, 1.807) is 11.3 Å². The number of aryl methyl sites for hydroxylation is 1. The highest BCUT2D eigenvalue weighted by Crippen LogP contribution is 2.30. The molecule has 138 valence electrons. The topological polar surface area (TPSA) is 74.8 Å². The molecule has 0 spiro atoms. The number of aromatic amines is 1. The maximum absolute atomic E-state index is 12.6. The molecule has 25 heavy (non-hydrogen) atoms. The molecule has 2 aromatic heterocycles. The van der Waals surface area contributed by atoms with E-state index in [0.717, 1.165) is 33.5 Å². The van der Waals surface area contributed by atoms with Crippen molar-refractivity contribution in [3.05, 3.63) is 20.8 Å². The van der Waals surface area contributed by atoms with Gasteiger partial charge in [-0.25, -0.2) is 4.98 Å². The quantitative estimate of drug-likeness (QED) is 0.539. The van der Waals surface area contributed by atoms with Crippen molar-refractivity contribution in [2.45, 2.75) is 52.6 Å². The monoisotopic (exact) mass is 381 g/mol. The zero-order valence-electron chi connectivity index (χ0n) is 15.6. The number of hydrogen-bond donors (Lipinski definition) is 2. The zero-order valence-corrected chi connectivity index (χ0v) is 17.2. The first-order valence-corrected chi connectivity index (χ1v) is 10.5. The first-order chi connectivity index (χ1) is 11.8. The standard InChI is InChI=1S/C18H27N3O2S2/c1-6-11(4)7-13-12(5)25-17-15(13)16(23)20-18(21-17)24-9-14(22)19-8-10(2)3/h10-11H,6-9H2,1-5H3,(H,19,22)(H,20,21,23)/t11-/m0/s1. The second-order valence-electron chi connectivity index (χ2n) is 6.89. The van der Waals surface area contributed by atoms with Crippen molar-refractivity contribution in [1.82, 2.24) is 15.3 Å². The Hall–Kier alpha value is -1.34. The summed E-state index contributed by atoms with van der Waals surface area (Å²) in [5, 5.41) is 4.10. The maximum atomic E-state index is 12.6. The van der Waals surface area contributed by atoms with E-state index < -0.39 is 0 Å². The van der Waals surface area contributed by atoms with Gasteiger partial charge in [-0.1, -0.05) is 45.9 Å². The van der Waals surface area contributed by atoms with E-state index in [2.05, 4.69) is 49.9 Å². The fourth-order valence-corrected chi connectivity index (χ4v) is 4.27. The molecule has 2 aromatic rings. The number of thioether (sulfide) groups is 1. The number of aromatic nitrogens is 2. The highest BCUT2D eigenvalue weighted by Gasteiger charge is 2.17. The molecule has 2 heterocycles. The Morgan fingerprint density at radius 3 is 2.72 bits per heavy atom. The highest BCUT2D eigenvalue weighted by atomic mass is 32.2. The Morgan fingerprint density at radius 1 is 1.36 bits per heavy atom. The van der Waals surface area contributed by atoms with Crippen molar-refractivity contribution >= 4 is 39.2 Å². The SMILES string of the molecule is CC[C@H](C)Cc1c(C)sc2nc(SCC(=O)NCC(C)C)[nH]c(=O)c12. The second-order valence-corrected chi connectivity index (χ2v) is 9.06. The van der Waals surface area contributed by atoms with Crippen molar-refractivity contribution in [2.75, 3.05) is 12.3 Å². The van der Waals surface area contributed by atoms with Gasteiger partial charge >= 0.3 is 0 Å². The first kappa shape index (κ1) is 20.0. The number of thiophene rings is 1. The minimum atomic E-state index is -0.0993. The predicted octanol–water partition coefficient (Wildman–Crippen LogP) is 3.75. The van der Waals surface area contributed by atoms with E-state index in [0.29, 0.717) is 23.5 Å². The molecular weight excluding hydrogens is 354 g/mol. The summed E-state index contributed by atoms with van der Waals surface area (Å²) in [5.41, 5.74) is 1.02. The molecule has 5 nitrogen and oxygen atoms in total. The van der Waals surface area contributed by atoms with Gasteiger partial charge in [0.1, 0.15) is 4.83 Å². The largest absolute Gasteiger partial charge is 0.355 e. The second kappa shape index (κ2) is 8.85. The van der Waals surface area contributed by atoms with Crippen LogP contribution in [-0.2, 0) is 11.2 Å². The molecule has 0 aliphatic carbocycles. The summed E-state index contributed by atoms with van der Waals surface area (Å²) in [7, 11) is 0. The molecular formula is C18H27N3O2S2. The number of nitrogens with one attached hydrogen (secondary N) is 2. The van der Waals surface area contributed by atoms with Gasteiger partial charge in [0.25, 0.3) is 5.56 Å². The molecule has 1 amide bonds. The maximum Gasteiger partial charge on any atom is 0.260 e. The lowest BCUT2D eigenvalue weighted by molar-refractivity contribution is -0.118. The molecule has 0 aromatic carbocycles. The van der Waals surface area contributed by atoms with E-state index in [4.69, 9.17) is 0 Å². The molecule has 2 rings (SSSR count). The third-order valence-corrected chi connectivity index (χ3v) is 6.05. The average Bonchev–Trinajstić information content (AvgIpc) is 2.86. The van der Waals surface area contributed by atoms with Crippen LogP contribution in [0.25, 0.3) is 10.2 Å². The van der Waals surface area contributed by atoms with Crippen LogP contribution < -0.4 is 10.9 Å². The van der Waals surface area contributed by atoms with E-state index in [1.807, 2.05) is 0 Å². The van der Waals surface area contributed by atoms with Crippen LogP contribution in [0.3, 0.4) is 0 Å². The minimum absolute atomic E-state index is 0.0405. The lowest BCUT2D eigenvalue weighted by Crippen LogP contribution is -2.28. The Morgan fingerprint density at radius 2 is 2.08 bits per heavy atom. The van der Waals surface area contributed by atoms with Gasteiger partial charge in [0.2, 0.25) is 5.91 Å². The number of hydrogen-bond acceptors (Lipinski definition) is 5. The number of nitrogens with zero attached hydrogens (tertiary/aromatic N) is 1. The van der Waals surface area contributed by atoms with Crippen molar-refractivity contribution < 1.29 is 4.79 Å². The van der Waals surface area contributed by atoms with Crippen LogP contribution in [0.2, 0.25) is 0 Å². The van der Waals surface area contributed by atoms with Crippen LogP contribution >= 0.6 is 23.1 Å². The average molecular weight is 382 g/mol. The predicted molar refractivity (Wildman–Crippen MR) is 107 cm³/mol. The van der Waals surface area contributed by atoms with E-state index in [9.17, 15) is 9.59 Å². The summed E-state index contributed by atoms with van der Waals surface area (Å²) in [6.07, 6.45) is 1.98. The molecule has 0 aliphatic heterocycles. The van der Waals surface area contributed by atoms with Gasteiger partial charge in [-0.05, 0) is 30.7 Å². The van der Waals surface area contributed by atoms with Crippen molar-refractivity contribution in [3.8, 4) is 0 Å². The summed E-state index contributed by atoms with van der Waals surface area (Å²) in [6, 6.07) is 0. The lowest BCUT2D eigenvalue weighted by atomic mass is 9.98. The van der Waals surface area contributed by atoms with E-state index in [-0.39, 0.29) is 17.2 Å². The third kappa shape index (κ3) is 5.31. The van der Waals surface area contributed by atoms with Gasteiger partial charge in [0.05, 0.1) is 11.1 Å². The Balaban J connectivity index is 2.17. The molecule has 0 unspecified atom stereocenters. The number of H-pyrrole nitrogens is 1. The molecule has 7 heteroatoms. The zero-order chi connectivity index (χ0) is 18.6. The molecule has 2 N–H and O–H groups in total. The summed E-state index contributed by atoms with van der Waals surface area (Å²) >= 11 is 2.83. The summed E-state index contributed by atoms with van der Waals surface area (Å²) < 4.78 is 0. The number of fused-ring (bicyclic) bond motifs is 1. The summed E-state index contributed by atoms with van der Waals surface area (Å²) in [6.45, 7) is 11.2. The Bertz CT molecular complexity index is 795. The molecule has 0 radical (unpaired) electrons. The molecule has 0 fully saturated rings. The molecule has 0 saturated carbocycles. The van der Waals surface area contributed by atoms with Gasteiger partial charge in [-0.3, -0.25) is 9.59 Å². The van der Waals surface area contributed by atoms with Gasteiger partial charge in [-0.15, -0.1) is 11.3 Å². The Labute approximate surface area is 157 Å². The molecule has 0 aliphatic rings. The molecule has 0 bridgehead atoms. The number of rotatable bonds is 8. The number of amides is 1. The molecule has 1 atom stereocenters. The van der Waals surface area contributed by atoms with E-state index >= 15 is 0 Å². The summed E-state index contributed by atoms with van der Waals surface area (Å²) in [4.78, 5) is 33.7. The lowest BCUT2D eigenvalue weighted by Gasteiger charge is -2.08. The normalized spacial score (nSPS) is 12.7. The highest BCUT2D eigenvalue weighted by molar-refractivity contribution is 7.99. The number of carbonyl (C=O) groups is 1. The van der Waals surface area contributed by atoms with Crippen molar-refractivity contribution in [1.29, 1.82) is 0 Å². The fourth-order valence-electron chi connectivity index (χ4n) is 2.47.